The summed E-state index contributed by atoms with van der Waals surface area (Å²) in [5.41, 5.74) is 1.88. The van der Waals surface area contributed by atoms with E-state index in [2.05, 4.69) is 21.2 Å². The van der Waals surface area contributed by atoms with Crippen LogP contribution in [0.3, 0.4) is 0 Å². The fraction of sp³-hybridized carbons (Fsp3) is 0.143. The molecule has 2 aromatic rings. The highest BCUT2D eigenvalue weighted by Gasteiger charge is 2.06. The summed E-state index contributed by atoms with van der Waals surface area (Å²) in [5, 5.41) is 3.86. The third-order valence-corrected chi connectivity index (χ3v) is 3.54. The molecule has 0 aromatic heterocycles. The fourth-order valence-electron chi connectivity index (χ4n) is 1.61. The van der Waals surface area contributed by atoms with E-state index in [0.29, 0.717) is 11.6 Å². The molecule has 0 saturated carbocycles. The Kier molecular flexibility index (Phi) is 4.77. The van der Waals surface area contributed by atoms with E-state index in [9.17, 15) is 8.78 Å². The molecule has 0 atom stereocenters. The van der Waals surface area contributed by atoms with Gasteiger partial charge >= 0.3 is 0 Å². The second-order valence-electron chi connectivity index (χ2n) is 4.02. The van der Waals surface area contributed by atoms with Crippen molar-refractivity contribution in [1.82, 2.24) is 0 Å². The Balaban J connectivity index is 2.02. The second-order valence-corrected chi connectivity index (χ2v) is 5.31. The summed E-state index contributed by atoms with van der Waals surface area (Å²) < 4.78 is 25.7. The van der Waals surface area contributed by atoms with Crippen LogP contribution in [0.2, 0.25) is 5.02 Å². The van der Waals surface area contributed by atoms with E-state index in [1.807, 2.05) is 6.07 Å². The van der Waals surface area contributed by atoms with Crippen LogP contribution in [0, 0.1) is 0 Å². The molecule has 0 aliphatic carbocycles. The summed E-state index contributed by atoms with van der Waals surface area (Å²) in [6, 6.07) is 11.7. The average molecular weight is 347 g/mol. The topological polar surface area (TPSA) is 12.0 Å². The molecule has 1 N–H and O–H groups in total. The number of hydrogen-bond acceptors (Lipinski definition) is 1. The summed E-state index contributed by atoms with van der Waals surface area (Å²) in [4.78, 5) is 0. The van der Waals surface area contributed by atoms with Crippen molar-refractivity contribution >= 4 is 33.2 Å². The summed E-state index contributed by atoms with van der Waals surface area (Å²) in [7, 11) is 0. The van der Waals surface area contributed by atoms with Gasteiger partial charge in [-0.1, -0.05) is 35.9 Å². The minimum Gasteiger partial charge on any atom is -0.380 e. The highest BCUT2D eigenvalue weighted by atomic mass is 79.9. The molecule has 100 valence electrons. The molecule has 0 unspecified atom stereocenters. The van der Waals surface area contributed by atoms with Gasteiger partial charge in [0.2, 0.25) is 0 Å². The van der Waals surface area contributed by atoms with Crippen molar-refractivity contribution in [2.75, 3.05) is 5.32 Å². The molecule has 0 fully saturated rings. The first-order chi connectivity index (χ1) is 9.06. The van der Waals surface area contributed by atoms with Crippen LogP contribution in [0.15, 0.2) is 46.9 Å². The zero-order chi connectivity index (χ0) is 13.8. The fourth-order valence-corrected chi connectivity index (χ4v) is 2.43. The quantitative estimate of drug-likeness (QED) is 0.754. The third kappa shape index (κ3) is 3.91. The Morgan fingerprint density at radius 3 is 2.37 bits per heavy atom. The SMILES string of the molecule is FC(F)c1ccc(CNc2ccc(Cl)cc2Br)cc1. The van der Waals surface area contributed by atoms with Crippen LogP contribution in [0.5, 0.6) is 0 Å². The van der Waals surface area contributed by atoms with Crippen LogP contribution in [0.25, 0.3) is 0 Å². The molecule has 2 rings (SSSR count). The summed E-state index contributed by atoms with van der Waals surface area (Å²) >= 11 is 9.26. The molecule has 0 aliphatic rings. The van der Waals surface area contributed by atoms with Crippen molar-refractivity contribution in [1.29, 1.82) is 0 Å². The number of anilines is 1. The van der Waals surface area contributed by atoms with E-state index < -0.39 is 6.43 Å². The largest absolute Gasteiger partial charge is 0.380 e. The monoisotopic (exact) mass is 345 g/mol. The second kappa shape index (κ2) is 6.35. The Hall–Kier alpha value is -1.13. The lowest BCUT2D eigenvalue weighted by Gasteiger charge is -2.09. The van der Waals surface area contributed by atoms with E-state index in [1.54, 1.807) is 24.3 Å². The highest BCUT2D eigenvalue weighted by Crippen LogP contribution is 2.26. The van der Waals surface area contributed by atoms with Gasteiger partial charge in [-0.15, -0.1) is 0 Å². The summed E-state index contributed by atoms with van der Waals surface area (Å²) in [5.74, 6) is 0. The lowest BCUT2D eigenvalue weighted by Crippen LogP contribution is -2.00. The first kappa shape index (κ1) is 14.3. The molecule has 0 heterocycles. The standard InChI is InChI=1S/C14H11BrClF2N/c15-12-7-11(16)5-6-13(12)19-8-9-1-3-10(4-2-9)14(17)18/h1-7,14,19H,8H2. The Morgan fingerprint density at radius 1 is 1.11 bits per heavy atom. The van der Waals surface area contributed by atoms with Gasteiger partial charge in [0, 0.05) is 27.3 Å². The van der Waals surface area contributed by atoms with Crippen LogP contribution in [-0.4, -0.2) is 0 Å². The number of alkyl halides is 2. The van der Waals surface area contributed by atoms with Crippen LogP contribution in [0.1, 0.15) is 17.6 Å². The predicted molar refractivity (Wildman–Crippen MR) is 77.9 cm³/mol. The molecule has 2 aromatic carbocycles. The van der Waals surface area contributed by atoms with E-state index in [4.69, 9.17) is 11.6 Å². The van der Waals surface area contributed by atoms with Gasteiger partial charge in [-0.05, 0) is 39.7 Å². The van der Waals surface area contributed by atoms with Crippen molar-refractivity contribution in [3.8, 4) is 0 Å². The minimum absolute atomic E-state index is 0.0384. The van der Waals surface area contributed by atoms with Gasteiger partial charge in [0.05, 0.1) is 0 Å². The predicted octanol–water partition coefficient (Wildman–Crippen LogP) is 5.65. The zero-order valence-electron chi connectivity index (χ0n) is 9.84. The normalized spacial score (nSPS) is 10.8. The van der Waals surface area contributed by atoms with Crippen molar-refractivity contribution < 1.29 is 8.78 Å². The van der Waals surface area contributed by atoms with Gasteiger partial charge in [-0.2, -0.15) is 0 Å². The van der Waals surface area contributed by atoms with Crippen molar-refractivity contribution in [2.24, 2.45) is 0 Å². The van der Waals surface area contributed by atoms with Gasteiger partial charge in [-0.25, -0.2) is 8.78 Å². The van der Waals surface area contributed by atoms with E-state index in [-0.39, 0.29) is 5.56 Å². The van der Waals surface area contributed by atoms with Crippen molar-refractivity contribution in [3.05, 3.63) is 63.1 Å². The van der Waals surface area contributed by atoms with Gasteiger partial charge in [0.1, 0.15) is 0 Å². The van der Waals surface area contributed by atoms with Crippen LogP contribution in [-0.2, 0) is 6.54 Å². The van der Waals surface area contributed by atoms with E-state index >= 15 is 0 Å². The van der Waals surface area contributed by atoms with Gasteiger partial charge in [0.25, 0.3) is 6.43 Å². The molecule has 0 bridgehead atoms. The lowest BCUT2D eigenvalue weighted by molar-refractivity contribution is 0.151. The molecule has 5 heteroatoms. The molecule has 0 saturated heterocycles. The molecule has 1 nitrogen and oxygen atoms in total. The molecular weight excluding hydrogens is 336 g/mol. The Morgan fingerprint density at radius 2 is 1.79 bits per heavy atom. The van der Waals surface area contributed by atoms with Crippen molar-refractivity contribution in [2.45, 2.75) is 13.0 Å². The maximum atomic E-state index is 12.4. The number of hydrogen-bond donors (Lipinski definition) is 1. The first-order valence-electron chi connectivity index (χ1n) is 5.62. The molecule has 19 heavy (non-hydrogen) atoms. The minimum atomic E-state index is -2.42. The van der Waals surface area contributed by atoms with Gasteiger partial charge < -0.3 is 5.32 Å². The lowest BCUT2D eigenvalue weighted by atomic mass is 10.1. The van der Waals surface area contributed by atoms with Gasteiger partial charge in [-0.3, -0.25) is 0 Å². The summed E-state index contributed by atoms with van der Waals surface area (Å²) in [6.45, 7) is 0.559. The molecule has 0 aliphatic heterocycles. The van der Waals surface area contributed by atoms with E-state index in [0.717, 1.165) is 15.7 Å². The number of nitrogens with one attached hydrogen (secondary N) is 1. The van der Waals surface area contributed by atoms with Crippen molar-refractivity contribution in [3.63, 3.8) is 0 Å². The van der Waals surface area contributed by atoms with Gasteiger partial charge in [0.15, 0.2) is 0 Å². The van der Waals surface area contributed by atoms with Crippen LogP contribution >= 0.6 is 27.5 Å². The summed E-state index contributed by atoms with van der Waals surface area (Å²) in [6.07, 6.45) is -2.42. The number of rotatable bonds is 4. The maximum absolute atomic E-state index is 12.4. The molecular formula is C14H11BrClF2N. The average Bonchev–Trinajstić information content (AvgIpc) is 2.38. The Labute approximate surface area is 123 Å². The number of halogens is 4. The number of benzene rings is 2. The molecule has 0 spiro atoms. The maximum Gasteiger partial charge on any atom is 0.263 e. The molecule has 0 radical (unpaired) electrons. The van der Waals surface area contributed by atoms with Crippen LogP contribution < -0.4 is 5.32 Å². The van der Waals surface area contributed by atoms with E-state index in [1.165, 1.54) is 12.1 Å². The zero-order valence-corrected chi connectivity index (χ0v) is 12.2. The third-order valence-electron chi connectivity index (χ3n) is 2.65. The highest BCUT2D eigenvalue weighted by molar-refractivity contribution is 9.10. The van der Waals surface area contributed by atoms with Crippen LogP contribution in [0.4, 0.5) is 14.5 Å². The first-order valence-corrected chi connectivity index (χ1v) is 6.79. The Bertz CT molecular complexity index is 558. The smallest absolute Gasteiger partial charge is 0.263 e. The molecule has 0 amide bonds.